The molecule has 4 heteroatoms. The van der Waals surface area contributed by atoms with Crippen LogP contribution >= 0.6 is 0 Å². The summed E-state index contributed by atoms with van der Waals surface area (Å²) in [6.07, 6.45) is 7.80. The van der Waals surface area contributed by atoms with Crippen LogP contribution in [0.15, 0.2) is 0 Å². The molecule has 0 bridgehead atoms. The van der Waals surface area contributed by atoms with E-state index in [0.29, 0.717) is 41.4 Å². The molecule has 0 radical (unpaired) electrons. The van der Waals surface area contributed by atoms with Gasteiger partial charge in [-0.2, -0.15) is 0 Å². The van der Waals surface area contributed by atoms with Crippen molar-refractivity contribution in [2.24, 2.45) is 40.4 Å². The maximum atomic E-state index is 12.8. The van der Waals surface area contributed by atoms with Gasteiger partial charge in [-0.1, -0.05) is 20.8 Å². The lowest BCUT2D eigenvalue weighted by Gasteiger charge is -2.63. The van der Waals surface area contributed by atoms with Gasteiger partial charge in [-0.05, 0) is 93.3 Å². The third-order valence-corrected chi connectivity index (χ3v) is 10.0. The van der Waals surface area contributed by atoms with Crippen LogP contribution in [0.5, 0.6) is 0 Å². The smallest absolute Gasteiger partial charge is 0.303 e. The number of hydrogen-bond donors (Lipinski definition) is 1. The zero-order valence-electron chi connectivity index (χ0n) is 18.3. The van der Waals surface area contributed by atoms with Crippen LogP contribution in [0, 0.1) is 40.4 Å². The van der Waals surface area contributed by atoms with Crippen LogP contribution in [0.1, 0.15) is 86.0 Å². The fourth-order valence-electron chi connectivity index (χ4n) is 8.78. The van der Waals surface area contributed by atoms with Crippen molar-refractivity contribution in [2.75, 3.05) is 0 Å². The minimum absolute atomic E-state index is 0.0277. The molecule has 0 amide bonds. The number of ketones is 1. The predicted octanol–water partition coefficient (Wildman–Crippen LogP) is 4.53. The van der Waals surface area contributed by atoms with Gasteiger partial charge < -0.3 is 9.84 Å². The highest BCUT2D eigenvalue weighted by Gasteiger charge is 2.68. The molecule has 0 saturated heterocycles. The number of rotatable bonds is 2. The minimum Gasteiger partial charge on any atom is -0.451 e. The first-order valence-corrected chi connectivity index (χ1v) is 11.4. The van der Waals surface area contributed by atoms with Gasteiger partial charge >= 0.3 is 5.97 Å². The van der Waals surface area contributed by atoms with E-state index in [4.69, 9.17) is 4.74 Å². The second-order valence-electron chi connectivity index (χ2n) is 11.1. The van der Waals surface area contributed by atoms with Crippen molar-refractivity contribution >= 4 is 11.8 Å². The Labute approximate surface area is 169 Å². The van der Waals surface area contributed by atoms with Crippen molar-refractivity contribution in [3.63, 3.8) is 0 Å². The maximum Gasteiger partial charge on any atom is 0.303 e. The van der Waals surface area contributed by atoms with Gasteiger partial charge in [0, 0.05) is 12.3 Å². The SMILES string of the molecule is CC(=O)O[C@]1(C(C)=O)CC[C@H]2[C@@H]3C[C@H](C)[C@@H]4C[C@@H](O)CC[C@]4(C)[C@H]3CC[C@@]21C. The Kier molecular flexibility index (Phi) is 4.77. The number of ether oxygens (including phenoxy) is 1. The molecule has 4 saturated carbocycles. The molecule has 0 aromatic carbocycles. The molecule has 4 rings (SSSR count). The first kappa shape index (κ1) is 20.4. The third kappa shape index (κ3) is 2.58. The number of hydrogen-bond acceptors (Lipinski definition) is 4. The van der Waals surface area contributed by atoms with E-state index in [2.05, 4.69) is 20.8 Å². The molecule has 158 valence electrons. The second kappa shape index (κ2) is 6.55. The van der Waals surface area contributed by atoms with Crippen LogP contribution < -0.4 is 0 Å². The van der Waals surface area contributed by atoms with E-state index in [1.54, 1.807) is 6.92 Å². The summed E-state index contributed by atoms with van der Waals surface area (Å²) in [5.41, 5.74) is -0.882. The minimum atomic E-state index is -0.932. The highest BCUT2D eigenvalue weighted by Crippen LogP contribution is 2.69. The first-order valence-electron chi connectivity index (χ1n) is 11.4. The molecule has 4 aliphatic carbocycles. The second-order valence-corrected chi connectivity index (χ2v) is 11.1. The van der Waals surface area contributed by atoms with Crippen molar-refractivity contribution in [1.29, 1.82) is 0 Å². The van der Waals surface area contributed by atoms with Gasteiger partial charge in [-0.15, -0.1) is 0 Å². The van der Waals surface area contributed by atoms with Crippen LogP contribution in [0.2, 0.25) is 0 Å². The molecule has 0 aliphatic heterocycles. The molecule has 0 spiro atoms. The Morgan fingerprint density at radius 2 is 1.61 bits per heavy atom. The molecule has 0 aromatic rings. The van der Waals surface area contributed by atoms with Gasteiger partial charge in [0.1, 0.15) is 0 Å². The molecule has 1 N–H and O–H groups in total. The monoisotopic (exact) mass is 390 g/mol. The van der Waals surface area contributed by atoms with Gasteiger partial charge in [-0.25, -0.2) is 0 Å². The van der Waals surface area contributed by atoms with E-state index in [0.717, 1.165) is 38.5 Å². The molecule has 0 heterocycles. The molecule has 9 atom stereocenters. The lowest BCUT2D eigenvalue weighted by atomic mass is 9.42. The van der Waals surface area contributed by atoms with Crippen LogP contribution in [0.25, 0.3) is 0 Å². The summed E-state index contributed by atoms with van der Waals surface area (Å²) >= 11 is 0. The summed E-state index contributed by atoms with van der Waals surface area (Å²) in [5.74, 6) is 2.62. The standard InChI is InChI=1S/C24H38O4/c1-14-12-18-19(22(4)9-6-17(27)13-21(14)22)7-10-23(5)20(18)8-11-24(23,15(2)25)28-16(3)26/h14,17-21,27H,6-13H2,1-5H3/t14-,17-,18+,19-,20-,21-,22+,23-,24-/m0/s1. The molecule has 4 fully saturated rings. The molecule has 0 unspecified atom stereocenters. The van der Waals surface area contributed by atoms with Crippen LogP contribution in [-0.4, -0.2) is 28.6 Å². The molecule has 0 aromatic heterocycles. The summed E-state index contributed by atoms with van der Waals surface area (Å²) in [6.45, 7) is 10.1. The number of aliphatic hydroxyl groups excluding tert-OH is 1. The Bertz CT molecular complexity index is 674. The van der Waals surface area contributed by atoms with Gasteiger partial charge in [-0.3, -0.25) is 9.59 Å². The number of fused-ring (bicyclic) bond motifs is 5. The average molecular weight is 391 g/mol. The van der Waals surface area contributed by atoms with E-state index < -0.39 is 5.60 Å². The molecule has 4 nitrogen and oxygen atoms in total. The Morgan fingerprint density at radius 3 is 2.25 bits per heavy atom. The van der Waals surface area contributed by atoms with Crippen LogP contribution in [0.3, 0.4) is 0 Å². The van der Waals surface area contributed by atoms with Crippen molar-refractivity contribution < 1.29 is 19.4 Å². The molecule has 28 heavy (non-hydrogen) atoms. The van der Waals surface area contributed by atoms with Gasteiger partial charge in [0.05, 0.1) is 6.10 Å². The molecule has 4 aliphatic rings. The fraction of sp³-hybridized carbons (Fsp3) is 0.917. The summed E-state index contributed by atoms with van der Waals surface area (Å²) in [4.78, 5) is 24.7. The summed E-state index contributed by atoms with van der Waals surface area (Å²) in [7, 11) is 0. The van der Waals surface area contributed by atoms with Crippen molar-refractivity contribution in [1.82, 2.24) is 0 Å². The van der Waals surface area contributed by atoms with Crippen molar-refractivity contribution in [3.05, 3.63) is 0 Å². The number of carbonyl (C=O) groups is 2. The van der Waals surface area contributed by atoms with Crippen LogP contribution in [0.4, 0.5) is 0 Å². The molecular weight excluding hydrogens is 352 g/mol. The zero-order chi connectivity index (χ0) is 20.5. The van der Waals surface area contributed by atoms with Crippen molar-refractivity contribution in [2.45, 2.75) is 97.7 Å². The average Bonchev–Trinajstić information content (AvgIpc) is 2.90. The number of aliphatic hydroxyl groups is 1. The summed E-state index contributed by atoms with van der Waals surface area (Å²) in [5, 5.41) is 10.3. The zero-order valence-corrected chi connectivity index (χ0v) is 18.3. The van der Waals surface area contributed by atoms with Gasteiger partial charge in [0.25, 0.3) is 0 Å². The lowest BCUT2D eigenvalue weighted by molar-refractivity contribution is -0.195. The Morgan fingerprint density at radius 1 is 0.929 bits per heavy atom. The molecular formula is C24H38O4. The van der Waals surface area contributed by atoms with Crippen molar-refractivity contribution in [3.8, 4) is 0 Å². The highest BCUT2D eigenvalue weighted by atomic mass is 16.6. The van der Waals surface area contributed by atoms with Crippen LogP contribution in [-0.2, 0) is 14.3 Å². The van der Waals surface area contributed by atoms with E-state index >= 15 is 0 Å². The predicted molar refractivity (Wildman–Crippen MR) is 107 cm³/mol. The quantitative estimate of drug-likeness (QED) is 0.704. The summed E-state index contributed by atoms with van der Waals surface area (Å²) < 4.78 is 5.86. The first-order chi connectivity index (χ1) is 13.0. The van der Waals surface area contributed by atoms with Gasteiger partial charge in [0.15, 0.2) is 11.4 Å². The topological polar surface area (TPSA) is 63.6 Å². The largest absolute Gasteiger partial charge is 0.451 e. The number of Topliss-reactive ketones (excluding diaryl/α,β-unsaturated/α-hetero) is 1. The summed E-state index contributed by atoms with van der Waals surface area (Å²) in [6, 6.07) is 0. The fourth-order valence-corrected chi connectivity index (χ4v) is 8.78. The van der Waals surface area contributed by atoms with E-state index in [9.17, 15) is 14.7 Å². The number of carbonyl (C=O) groups excluding carboxylic acids is 2. The van der Waals surface area contributed by atoms with E-state index in [1.807, 2.05) is 0 Å². The van der Waals surface area contributed by atoms with E-state index in [-0.39, 0.29) is 23.3 Å². The third-order valence-electron chi connectivity index (χ3n) is 10.0. The van der Waals surface area contributed by atoms with E-state index in [1.165, 1.54) is 13.3 Å². The van der Waals surface area contributed by atoms with Gasteiger partial charge in [0.2, 0.25) is 0 Å². The number of esters is 1. The lowest BCUT2D eigenvalue weighted by Crippen LogP contribution is -2.60. The highest BCUT2D eigenvalue weighted by molar-refractivity contribution is 5.89. The normalized spacial score (nSPS) is 52.9. The Balaban J connectivity index is 1.69. The Hall–Kier alpha value is -0.900. The maximum absolute atomic E-state index is 12.8.